The molecule has 0 aliphatic heterocycles. The van der Waals surface area contributed by atoms with Crippen molar-refractivity contribution < 1.29 is 0 Å². The summed E-state index contributed by atoms with van der Waals surface area (Å²) >= 11 is 0. The van der Waals surface area contributed by atoms with Gasteiger partial charge in [-0.3, -0.25) is 4.98 Å². The summed E-state index contributed by atoms with van der Waals surface area (Å²) in [5.41, 5.74) is 11.3. The first-order chi connectivity index (χ1) is 28.7. The standard InChI is InChI=1S/C55H37N3/c1-2-14-40-32-41(30-27-36(40)12-1)52-34-51(39-28-25-37(26-29-39)44-18-11-31-56-35-44)57-55(58-52)43-17-9-16-42(33-43)53-47-20-5-7-22-49(47)54(50-23-8-6-21-48(50)53)46-24-10-15-38-13-3-4-19-45(38)46/h1-32,34-35,43H,33H2. The topological polar surface area (TPSA) is 38.7 Å². The highest BCUT2D eigenvalue weighted by atomic mass is 14.9. The third-order valence-corrected chi connectivity index (χ3v) is 11.7. The van der Waals surface area contributed by atoms with Gasteiger partial charge in [0.25, 0.3) is 0 Å². The molecule has 0 fully saturated rings. The third-order valence-electron chi connectivity index (χ3n) is 11.7. The molecule has 0 saturated carbocycles. The van der Waals surface area contributed by atoms with Crippen molar-refractivity contribution in [1.29, 1.82) is 0 Å². The van der Waals surface area contributed by atoms with Crippen molar-refractivity contribution in [2.45, 2.75) is 12.3 Å². The molecule has 0 N–H and O–H groups in total. The van der Waals surface area contributed by atoms with Crippen molar-refractivity contribution in [2.75, 3.05) is 0 Å². The Morgan fingerprint density at radius 2 is 1.03 bits per heavy atom. The molecule has 1 atom stereocenters. The number of fused-ring (bicyclic) bond motifs is 4. The number of allylic oxidation sites excluding steroid dienone is 4. The lowest BCUT2D eigenvalue weighted by Gasteiger charge is -2.23. The fourth-order valence-corrected chi connectivity index (χ4v) is 8.89. The first-order valence-corrected chi connectivity index (χ1v) is 19.9. The van der Waals surface area contributed by atoms with Crippen LogP contribution in [0, 0.1) is 0 Å². The third kappa shape index (κ3) is 5.96. The van der Waals surface area contributed by atoms with E-state index in [1.54, 1.807) is 6.20 Å². The van der Waals surface area contributed by atoms with E-state index in [1.165, 1.54) is 65.4 Å². The Morgan fingerprint density at radius 3 is 1.76 bits per heavy atom. The summed E-state index contributed by atoms with van der Waals surface area (Å²) in [7, 11) is 0. The van der Waals surface area contributed by atoms with Crippen LogP contribution in [0.15, 0.2) is 207 Å². The summed E-state index contributed by atoms with van der Waals surface area (Å²) in [6.07, 6.45) is 11.3. The molecule has 1 aliphatic carbocycles. The number of pyridine rings is 1. The van der Waals surface area contributed by atoms with Gasteiger partial charge in [0.15, 0.2) is 0 Å². The predicted molar refractivity (Wildman–Crippen MR) is 243 cm³/mol. The zero-order chi connectivity index (χ0) is 38.4. The molecule has 3 nitrogen and oxygen atoms in total. The summed E-state index contributed by atoms with van der Waals surface area (Å²) in [6, 6.07) is 63.2. The maximum atomic E-state index is 5.36. The SMILES string of the molecule is C1=CC(c2nc(-c3ccc(-c4cccnc4)cc3)cc(-c3ccc4ccccc4c3)n2)CC(c2c3ccccc3c(-c3cccc4ccccc34)c3ccccc23)=C1. The van der Waals surface area contributed by atoms with Gasteiger partial charge in [-0.2, -0.15) is 0 Å². The first-order valence-electron chi connectivity index (χ1n) is 19.9. The lowest BCUT2D eigenvalue weighted by Crippen LogP contribution is -2.08. The van der Waals surface area contributed by atoms with E-state index in [0.717, 1.165) is 45.9 Å². The van der Waals surface area contributed by atoms with Gasteiger partial charge in [0.05, 0.1) is 11.4 Å². The number of aromatic nitrogens is 3. The molecule has 3 heteroatoms. The van der Waals surface area contributed by atoms with Gasteiger partial charge in [0.1, 0.15) is 5.82 Å². The summed E-state index contributed by atoms with van der Waals surface area (Å²) in [5.74, 6) is 0.795. The van der Waals surface area contributed by atoms with E-state index in [-0.39, 0.29) is 5.92 Å². The highest BCUT2D eigenvalue weighted by molar-refractivity contribution is 6.21. The fourth-order valence-electron chi connectivity index (χ4n) is 8.89. The normalized spacial score (nSPS) is 14.0. The molecular weight excluding hydrogens is 703 g/mol. The number of nitrogens with zero attached hydrogens (tertiary/aromatic N) is 3. The summed E-state index contributed by atoms with van der Waals surface area (Å²) < 4.78 is 0. The second kappa shape index (κ2) is 14.2. The van der Waals surface area contributed by atoms with Gasteiger partial charge in [-0.15, -0.1) is 0 Å². The minimum atomic E-state index is -0.0240. The lowest BCUT2D eigenvalue weighted by molar-refractivity contribution is 0.786. The molecule has 58 heavy (non-hydrogen) atoms. The molecule has 2 heterocycles. The smallest absolute Gasteiger partial charge is 0.136 e. The number of benzene rings is 8. The van der Waals surface area contributed by atoms with Crippen molar-refractivity contribution in [1.82, 2.24) is 15.0 Å². The Bertz CT molecular complexity index is 3190. The zero-order valence-corrected chi connectivity index (χ0v) is 31.8. The average Bonchev–Trinajstić information content (AvgIpc) is 3.30. The molecule has 272 valence electrons. The van der Waals surface area contributed by atoms with Crippen LogP contribution in [0.3, 0.4) is 0 Å². The zero-order valence-electron chi connectivity index (χ0n) is 31.8. The molecule has 1 aliphatic rings. The lowest BCUT2D eigenvalue weighted by atomic mass is 9.81. The van der Waals surface area contributed by atoms with Crippen LogP contribution >= 0.6 is 0 Å². The van der Waals surface area contributed by atoms with Gasteiger partial charge in [-0.25, -0.2) is 9.97 Å². The molecule has 0 amide bonds. The first kappa shape index (κ1) is 33.8. The molecule has 11 rings (SSSR count). The van der Waals surface area contributed by atoms with Crippen molar-refractivity contribution in [2.24, 2.45) is 0 Å². The van der Waals surface area contributed by atoms with Crippen LogP contribution in [0.2, 0.25) is 0 Å². The quantitative estimate of drug-likeness (QED) is 0.159. The van der Waals surface area contributed by atoms with Crippen LogP contribution in [0.25, 0.3) is 93.4 Å². The van der Waals surface area contributed by atoms with Crippen molar-refractivity contribution in [3.63, 3.8) is 0 Å². The monoisotopic (exact) mass is 739 g/mol. The van der Waals surface area contributed by atoms with Crippen LogP contribution < -0.4 is 0 Å². The molecule has 0 radical (unpaired) electrons. The minimum Gasteiger partial charge on any atom is -0.264 e. The average molecular weight is 740 g/mol. The number of hydrogen-bond donors (Lipinski definition) is 0. The second-order valence-electron chi connectivity index (χ2n) is 15.1. The molecule has 8 aromatic carbocycles. The highest BCUT2D eigenvalue weighted by Gasteiger charge is 2.24. The van der Waals surface area contributed by atoms with Gasteiger partial charge < -0.3 is 0 Å². The van der Waals surface area contributed by atoms with Gasteiger partial charge in [-0.05, 0) is 101 Å². The summed E-state index contributed by atoms with van der Waals surface area (Å²) in [6.45, 7) is 0. The minimum absolute atomic E-state index is 0.0240. The van der Waals surface area contributed by atoms with Gasteiger partial charge in [0, 0.05) is 29.4 Å². The molecule has 0 bridgehead atoms. The largest absolute Gasteiger partial charge is 0.264 e. The second-order valence-corrected chi connectivity index (χ2v) is 15.1. The van der Waals surface area contributed by atoms with E-state index < -0.39 is 0 Å². The van der Waals surface area contributed by atoms with Crippen LogP contribution in [0.1, 0.15) is 23.7 Å². The van der Waals surface area contributed by atoms with Crippen LogP contribution in [0.4, 0.5) is 0 Å². The van der Waals surface area contributed by atoms with Gasteiger partial charge in [0.2, 0.25) is 0 Å². The van der Waals surface area contributed by atoms with Crippen molar-refractivity contribution >= 4 is 48.7 Å². The van der Waals surface area contributed by atoms with Crippen molar-refractivity contribution in [3.05, 3.63) is 218 Å². The van der Waals surface area contributed by atoms with E-state index in [4.69, 9.17) is 9.97 Å². The fraction of sp³-hybridized carbons (Fsp3) is 0.0364. The highest BCUT2D eigenvalue weighted by Crippen LogP contribution is 2.46. The Morgan fingerprint density at radius 1 is 0.431 bits per heavy atom. The van der Waals surface area contributed by atoms with Gasteiger partial charge in [-0.1, -0.05) is 176 Å². The molecule has 1 unspecified atom stereocenters. The number of rotatable bonds is 6. The van der Waals surface area contributed by atoms with E-state index in [9.17, 15) is 0 Å². The van der Waals surface area contributed by atoms with Gasteiger partial charge >= 0.3 is 0 Å². The Labute approximate surface area is 337 Å². The molecular formula is C55H37N3. The maximum absolute atomic E-state index is 5.36. The predicted octanol–water partition coefficient (Wildman–Crippen LogP) is 14.3. The Kier molecular flexibility index (Phi) is 8.29. The van der Waals surface area contributed by atoms with E-state index >= 15 is 0 Å². The molecule has 2 aromatic heterocycles. The maximum Gasteiger partial charge on any atom is 0.136 e. The Hall–Kier alpha value is -7.49. The van der Waals surface area contributed by atoms with Crippen LogP contribution in [-0.2, 0) is 0 Å². The molecule has 10 aromatic rings. The molecule has 0 spiro atoms. The Balaban J connectivity index is 1.04. The van der Waals surface area contributed by atoms with E-state index in [1.807, 2.05) is 12.3 Å². The summed E-state index contributed by atoms with van der Waals surface area (Å²) in [4.78, 5) is 15.0. The van der Waals surface area contributed by atoms with Crippen molar-refractivity contribution in [3.8, 4) is 44.8 Å². The van der Waals surface area contributed by atoms with Crippen LogP contribution in [0.5, 0.6) is 0 Å². The summed E-state index contributed by atoms with van der Waals surface area (Å²) in [5, 5.41) is 9.93. The van der Waals surface area contributed by atoms with E-state index in [2.05, 4.69) is 193 Å². The van der Waals surface area contributed by atoms with Crippen LogP contribution in [-0.4, -0.2) is 15.0 Å². The molecule has 0 saturated heterocycles. The number of hydrogen-bond acceptors (Lipinski definition) is 3. The van der Waals surface area contributed by atoms with E-state index in [0.29, 0.717) is 0 Å².